The van der Waals surface area contributed by atoms with Crippen molar-refractivity contribution in [2.75, 3.05) is 0 Å². The summed E-state index contributed by atoms with van der Waals surface area (Å²) in [5.41, 5.74) is 0. The van der Waals surface area contributed by atoms with Crippen LogP contribution in [0.15, 0.2) is 12.7 Å². The van der Waals surface area contributed by atoms with Crippen molar-refractivity contribution >= 4 is 0 Å². The van der Waals surface area contributed by atoms with E-state index in [1.165, 1.54) is 40.2 Å². The van der Waals surface area contributed by atoms with Crippen LogP contribution in [-0.2, 0) is 7.88 Å². The molecule has 10 saturated heterocycles. The van der Waals surface area contributed by atoms with Crippen molar-refractivity contribution in [2.24, 2.45) is 0 Å². The fraction of sp³-hybridized carbons (Fsp3) is 0.833. The zero-order valence-electron chi connectivity index (χ0n) is 7.33. The van der Waals surface area contributed by atoms with Crippen LogP contribution >= 0.6 is 0 Å². The van der Waals surface area contributed by atoms with Gasteiger partial charge in [-0.05, 0) is 0 Å². The normalized spacial score (nSPS) is 152. The van der Waals surface area contributed by atoms with E-state index in [0.717, 1.165) is 3.97 Å². The average molecular weight is 346 g/mol. The summed E-state index contributed by atoms with van der Waals surface area (Å²) < 4.78 is 14.6. The molecule has 0 bridgehead atoms. The Kier molecular flexibility index (Phi) is 0.0800. The summed E-state index contributed by atoms with van der Waals surface area (Å²) in [6.07, 6.45) is 2.58. The third-order valence-electron chi connectivity index (χ3n) is 15.1. The monoisotopic (exact) mass is 348 g/mol. The molecule has 0 nitrogen and oxygen atoms in total. The molecule has 0 aromatic carbocycles. The Hall–Kier alpha value is 0.376. The first-order valence-corrected chi connectivity index (χ1v) is 20.4. The van der Waals surface area contributed by atoms with Crippen LogP contribution in [0.4, 0.5) is 0 Å². The molecule has 10 aliphatic heterocycles. The molecule has 0 saturated carbocycles. The summed E-state index contributed by atoms with van der Waals surface area (Å²) in [6.45, 7) is 4.30. The Morgan fingerprint density at radius 2 is 1.31 bits per heavy atom. The third kappa shape index (κ3) is 0.0285. The van der Waals surface area contributed by atoms with Gasteiger partial charge in [-0.15, -0.1) is 0 Å². The average Bonchev–Trinajstić information content (AvgIpc) is 3.12. The van der Waals surface area contributed by atoms with Crippen LogP contribution in [0.5, 0.6) is 0 Å². The molecule has 0 radical (unpaired) electrons. The standard InChI is InChI=1S/C7H7.C5H5.Os/c1-2-7-5-3-4-6-7;1-2-4-5-3-1;/h2-6H,1H2;1-5H;. The van der Waals surface area contributed by atoms with Gasteiger partial charge in [0.15, 0.2) is 0 Å². The van der Waals surface area contributed by atoms with Gasteiger partial charge < -0.3 is 0 Å². The summed E-state index contributed by atoms with van der Waals surface area (Å²) in [7, 11) is -3.03. The molecule has 1 spiro atoms. The van der Waals surface area contributed by atoms with Crippen molar-refractivity contribution in [2.45, 2.75) is 44.2 Å². The zero-order chi connectivity index (χ0) is 7.72. The number of rotatable bonds is 1. The molecule has 13 heavy (non-hydrogen) atoms. The maximum atomic E-state index is 4.30. The van der Waals surface area contributed by atoms with E-state index in [9.17, 15) is 0 Å². The zero-order valence-corrected chi connectivity index (χ0v) is 9.87. The molecular formula is C12H12Os. The van der Waals surface area contributed by atoms with Crippen LogP contribution < -0.4 is 0 Å². The second-order valence-corrected chi connectivity index (χ2v) is 64.2. The van der Waals surface area contributed by atoms with Crippen LogP contribution in [0.2, 0.25) is 44.2 Å². The maximum absolute atomic E-state index is 4.30. The molecule has 10 fully saturated rings. The van der Waals surface area contributed by atoms with Crippen LogP contribution in [-0.4, -0.2) is 0 Å². The molecule has 0 N–H and O–H groups in total. The van der Waals surface area contributed by atoms with E-state index in [-0.39, 0.29) is 0 Å². The van der Waals surface area contributed by atoms with Gasteiger partial charge in [0.2, 0.25) is 0 Å². The Balaban J connectivity index is 2.14. The van der Waals surface area contributed by atoms with E-state index in [0.29, 0.717) is 0 Å². The Labute approximate surface area is 64.8 Å². The van der Waals surface area contributed by atoms with E-state index in [2.05, 4.69) is 12.7 Å². The van der Waals surface area contributed by atoms with Gasteiger partial charge >= 0.3 is 64.8 Å². The molecule has 10 aliphatic rings. The number of allylic oxidation sites excluding steroid dienone is 1. The van der Waals surface area contributed by atoms with Gasteiger partial charge in [0.1, 0.15) is 0 Å². The Morgan fingerprint density at radius 1 is 0.846 bits per heavy atom. The van der Waals surface area contributed by atoms with Gasteiger partial charge in [-0.25, -0.2) is 0 Å². The molecule has 0 amide bonds. The van der Waals surface area contributed by atoms with Gasteiger partial charge in [0.05, 0.1) is 0 Å². The van der Waals surface area contributed by atoms with Gasteiger partial charge in [-0.1, -0.05) is 0 Å². The summed E-state index contributed by atoms with van der Waals surface area (Å²) in [4.78, 5) is 0. The predicted octanol–water partition coefficient (Wildman–Crippen LogP) is 3.93. The van der Waals surface area contributed by atoms with Crippen LogP contribution in [0, 0.1) is 0 Å². The first kappa shape index (κ1) is 4.09. The summed E-state index contributed by atoms with van der Waals surface area (Å²) in [5.74, 6) is 0. The minimum atomic E-state index is -3.03. The van der Waals surface area contributed by atoms with E-state index in [4.69, 9.17) is 0 Å². The molecule has 68 valence electrons. The van der Waals surface area contributed by atoms with Gasteiger partial charge in [-0.3, -0.25) is 0 Å². The Bertz CT molecular complexity index is 794. The fourth-order valence-corrected chi connectivity index (χ4v) is 241. The molecule has 4 unspecified atom stereocenters. The number of hydrogen-bond acceptors (Lipinski definition) is 0. The molecular weight excluding hydrogens is 334 g/mol. The van der Waals surface area contributed by atoms with Crippen molar-refractivity contribution in [3.8, 4) is 0 Å². The molecule has 0 aromatic heterocycles. The SMILES string of the molecule is C=C[C]12[CH]3[CH]4[CH]5[CH]1[Os]45321678[CH]2[CH]1[CH]6[CH]7[CH]28. The summed E-state index contributed by atoms with van der Waals surface area (Å²) >= 11 is 0. The van der Waals surface area contributed by atoms with Crippen molar-refractivity contribution in [3.63, 3.8) is 0 Å². The van der Waals surface area contributed by atoms with E-state index < -0.39 is 7.88 Å². The molecule has 10 heterocycles. The molecule has 4 atom stereocenters. The van der Waals surface area contributed by atoms with Crippen LogP contribution in [0.3, 0.4) is 0 Å². The van der Waals surface area contributed by atoms with E-state index >= 15 is 0 Å². The quantitative estimate of drug-likeness (QED) is 0.631. The first-order valence-electron chi connectivity index (χ1n) is 5.95. The first-order chi connectivity index (χ1) is 6.11. The second-order valence-electron chi connectivity index (χ2n) is 9.94. The van der Waals surface area contributed by atoms with Crippen molar-refractivity contribution in [1.82, 2.24) is 0 Å². The topological polar surface area (TPSA) is 0 Å². The predicted molar refractivity (Wildman–Crippen MR) is 46.6 cm³/mol. The Morgan fingerprint density at radius 3 is 1.38 bits per heavy atom. The van der Waals surface area contributed by atoms with Gasteiger partial charge in [-0.2, -0.15) is 0 Å². The third-order valence-corrected chi connectivity index (χ3v) is 113. The molecule has 10 rings (SSSR count). The van der Waals surface area contributed by atoms with Gasteiger partial charge in [0, 0.05) is 0 Å². The van der Waals surface area contributed by atoms with Crippen LogP contribution in [0.25, 0.3) is 0 Å². The van der Waals surface area contributed by atoms with E-state index in [1.807, 2.05) is 0 Å². The fourth-order valence-electron chi connectivity index (χ4n) is 16.9. The summed E-state index contributed by atoms with van der Waals surface area (Å²) in [5, 5.41) is 0. The number of fused-ring (bicyclic) bond motifs is 10. The molecule has 0 aliphatic carbocycles. The number of hydrogen-bond donors (Lipinski definition) is 0. The molecule has 0 aromatic rings. The van der Waals surface area contributed by atoms with Crippen molar-refractivity contribution in [3.05, 3.63) is 12.7 Å². The van der Waals surface area contributed by atoms with E-state index in [1.54, 1.807) is 0 Å². The van der Waals surface area contributed by atoms with Crippen molar-refractivity contribution in [1.29, 1.82) is 0 Å². The summed E-state index contributed by atoms with van der Waals surface area (Å²) in [6, 6.07) is 0. The second kappa shape index (κ2) is 0.254. The minimum absolute atomic E-state index is 1.03. The van der Waals surface area contributed by atoms with Crippen molar-refractivity contribution < 1.29 is 7.88 Å². The molecule has 1 heteroatoms. The van der Waals surface area contributed by atoms with Gasteiger partial charge in [0.25, 0.3) is 0 Å². The van der Waals surface area contributed by atoms with Crippen LogP contribution in [0.1, 0.15) is 0 Å².